The summed E-state index contributed by atoms with van der Waals surface area (Å²) in [6, 6.07) is 11.1. The van der Waals surface area contributed by atoms with Gasteiger partial charge >= 0.3 is 0 Å². The molecule has 2 nitrogen and oxygen atoms in total. The molecule has 0 aliphatic carbocycles. The van der Waals surface area contributed by atoms with Crippen molar-refractivity contribution in [2.75, 3.05) is 7.11 Å². The molecule has 0 bridgehead atoms. The molecule has 0 fully saturated rings. The van der Waals surface area contributed by atoms with Crippen LogP contribution >= 0.6 is 0 Å². The van der Waals surface area contributed by atoms with Crippen molar-refractivity contribution >= 4 is 0 Å². The van der Waals surface area contributed by atoms with E-state index < -0.39 is 0 Å². The zero-order valence-corrected chi connectivity index (χ0v) is 12.1. The van der Waals surface area contributed by atoms with E-state index in [2.05, 4.69) is 18.2 Å². The van der Waals surface area contributed by atoms with E-state index in [1.807, 2.05) is 19.9 Å². The van der Waals surface area contributed by atoms with Gasteiger partial charge < -0.3 is 10.5 Å². The molecular formula is C17H20FNO. The highest BCUT2D eigenvalue weighted by Crippen LogP contribution is 2.24. The molecule has 0 aromatic heterocycles. The molecule has 0 amide bonds. The Labute approximate surface area is 119 Å². The monoisotopic (exact) mass is 273 g/mol. The van der Waals surface area contributed by atoms with Gasteiger partial charge in [0.1, 0.15) is 0 Å². The summed E-state index contributed by atoms with van der Waals surface area (Å²) in [4.78, 5) is 0. The second kappa shape index (κ2) is 6.06. The third-order valence-corrected chi connectivity index (χ3v) is 3.51. The summed E-state index contributed by atoms with van der Waals surface area (Å²) in [6.45, 7) is 4.09. The van der Waals surface area contributed by atoms with Gasteiger partial charge in [-0.3, -0.25) is 0 Å². The topological polar surface area (TPSA) is 35.2 Å². The van der Waals surface area contributed by atoms with Crippen LogP contribution in [0.5, 0.6) is 5.75 Å². The predicted octanol–water partition coefficient (Wildman–Crippen LogP) is 3.69. The van der Waals surface area contributed by atoms with Crippen molar-refractivity contribution in [3.8, 4) is 5.75 Å². The van der Waals surface area contributed by atoms with Gasteiger partial charge in [-0.05, 0) is 49.1 Å². The summed E-state index contributed by atoms with van der Waals surface area (Å²) in [7, 11) is 1.46. The first-order valence-electron chi connectivity index (χ1n) is 6.66. The Morgan fingerprint density at radius 1 is 1.15 bits per heavy atom. The van der Waals surface area contributed by atoms with Crippen molar-refractivity contribution < 1.29 is 9.13 Å². The number of methoxy groups -OCH3 is 1. The quantitative estimate of drug-likeness (QED) is 0.922. The van der Waals surface area contributed by atoms with E-state index in [0.717, 1.165) is 16.7 Å². The Hall–Kier alpha value is -1.87. The molecule has 2 aromatic carbocycles. The molecule has 0 spiro atoms. The van der Waals surface area contributed by atoms with Gasteiger partial charge in [0.05, 0.1) is 7.11 Å². The van der Waals surface area contributed by atoms with Crippen LogP contribution in [0.1, 0.15) is 28.3 Å². The van der Waals surface area contributed by atoms with E-state index in [0.29, 0.717) is 6.42 Å². The lowest BCUT2D eigenvalue weighted by Crippen LogP contribution is -2.15. The molecule has 2 rings (SSSR count). The van der Waals surface area contributed by atoms with Crippen LogP contribution in [0.25, 0.3) is 0 Å². The number of benzene rings is 2. The lowest BCUT2D eigenvalue weighted by Gasteiger charge is -2.16. The van der Waals surface area contributed by atoms with Crippen LogP contribution in [0.15, 0.2) is 36.4 Å². The third kappa shape index (κ3) is 3.17. The molecular weight excluding hydrogens is 253 g/mol. The van der Waals surface area contributed by atoms with Crippen LogP contribution in [0.4, 0.5) is 4.39 Å². The van der Waals surface area contributed by atoms with Gasteiger partial charge in [0.15, 0.2) is 11.6 Å². The summed E-state index contributed by atoms with van der Waals surface area (Å²) >= 11 is 0. The molecule has 3 heteroatoms. The molecule has 1 atom stereocenters. The van der Waals surface area contributed by atoms with Crippen LogP contribution in [0.2, 0.25) is 0 Å². The molecule has 2 N–H and O–H groups in total. The molecule has 106 valence electrons. The fourth-order valence-corrected chi connectivity index (χ4v) is 2.36. The van der Waals surface area contributed by atoms with Crippen LogP contribution in [0.3, 0.4) is 0 Å². The van der Waals surface area contributed by atoms with E-state index in [-0.39, 0.29) is 17.6 Å². The lowest BCUT2D eigenvalue weighted by atomic mass is 9.94. The molecule has 20 heavy (non-hydrogen) atoms. The lowest BCUT2D eigenvalue weighted by molar-refractivity contribution is 0.386. The van der Waals surface area contributed by atoms with Crippen molar-refractivity contribution in [2.24, 2.45) is 5.73 Å². The number of rotatable bonds is 4. The van der Waals surface area contributed by atoms with Crippen LogP contribution in [-0.2, 0) is 6.42 Å². The van der Waals surface area contributed by atoms with E-state index in [1.54, 1.807) is 6.07 Å². The largest absolute Gasteiger partial charge is 0.494 e. The minimum absolute atomic E-state index is 0.136. The van der Waals surface area contributed by atoms with Crippen LogP contribution in [-0.4, -0.2) is 7.11 Å². The maximum Gasteiger partial charge on any atom is 0.165 e. The van der Waals surface area contributed by atoms with Gasteiger partial charge in [-0.2, -0.15) is 0 Å². The predicted molar refractivity (Wildman–Crippen MR) is 79.5 cm³/mol. The highest BCUT2D eigenvalue weighted by Gasteiger charge is 2.12. The summed E-state index contributed by atoms with van der Waals surface area (Å²) < 4.78 is 18.6. The Morgan fingerprint density at radius 2 is 1.90 bits per heavy atom. The first kappa shape index (κ1) is 14.5. The van der Waals surface area contributed by atoms with E-state index in [9.17, 15) is 4.39 Å². The number of hydrogen-bond acceptors (Lipinski definition) is 2. The molecule has 0 aliphatic rings. The summed E-state index contributed by atoms with van der Waals surface area (Å²) in [5.41, 5.74) is 10.6. The molecule has 0 saturated carbocycles. The minimum Gasteiger partial charge on any atom is -0.494 e. The third-order valence-electron chi connectivity index (χ3n) is 3.51. The molecule has 0 radical (unpaired) electrons. The van der Waals surface area contributed by atoms with Crippen molar-refractivity contribution in [2.45, 2.75) is 26.3 Å². The van der Waals surface area contributed by atoms with E-state index in [4.69, 9.17) is 10.5 Å². The van der Waals surface area contributed by atoms with Crippen LogP contribution < -0.4 is 10.5 Å². The molecule has 1 unspecified atom stereocenters. The first-order chi connectivity index (χ1) is 9.51. The smallest absolute Gasteiger partial charge is 0.165 e. The number of aryl methyl sites for hydroxylation is 2. The Bertz CT molecular complexity index is 610. The van der Waals surface area contributed by atoms with Crippen molar-refractivity contribution in [1.29, 1.82) is 0 Å². The fourth-order valence-electron chi connectivity index (χ4n) is 2.36. The highest BCUT2D eigenvalue weighted by molar-refractivity contribution is 5.35. The fraction of sp³-hybridized carbons (Fsp3) is 0.294. The molecule has 0 heterocycles. The number of nitrogens with two attached hydrogens (primary N) is 1. The maximum atomic E-state index is 13.7. The second-order valence-corrected chi connectivity index (χ2v) is 5.14. The molecule has 0 saturated heterocycles. The van der Waals surface area contributed by atoms with Gasteiger partial charge in [-0.25, -0.2) is 4.39 Å². The van der Waals surface area contributed by atoms with Crippen molar-refractivity contribution in [1.82, 2.24) is 0 Å². The zero-order chi connectivity index (χ0) is 14.7. The summed E-state index contributed by atoms with van der Waals surface area (Å²) in [5.74, 6) is -0.0905. The number of hydrogen-bond donors (Lipinski definition) is 1. The average Bonchev–Trinajstić information content (AvgIpc) is 2.41. The standard InChI is InChI=1S/C17H20FNO/c1-11-4-5-12(2)14(8-11)16(19)10-13-6-7-17(20-3)15(18)9-13/h4-9,16H,10,19H2,1-3H3. The van der Waals surface area contributed by atoms with E-state index >= 15 is 0 Å². The Balaban J connectivity index is 2.21. The van der Waals surface area contributed by atoms with Gasteiger partial charge in [-0.15, -0.1) is 0 Å². The minimum atomic E-state index is -0.349. The molecule has 2 aromatic rings. The van der Waals surface area contributed by atoms with Gasteiger partial charge in [0.25, 0.3) is 0 Å². The van der Waals surface area contributed by atoms with Gasteiger partial charge in [-0.1, -0.05) is 29.8 Å². The number of ether oxygens (including phenoxy) is 1. The number of halogens is 1. The summed E-state index contributed by atoms with van der Waals surface area (Å²) in [5, 5.41) is 0. The van der Waals surface area contributed by atoms with Gasteiger partial charge in [0, 0.05) is 6.04 Å². The SMILES string of the molecule is COc1ccc(CC(N)c2cc(C)ccc2C)cc1F. The van der Waals surface area contributed by atoms with Crippen LogP contribution in [0, 0.1) is 19.7 Å². The second-order valence-electron chi connectivity index (χ2n) is 5.14. The average molecular weight is 273 g/mol. The van der Waals surface area contributed by atoms with Crippen molar-refractivity contribution in [3.63, 3.8) is 0 Å². The van der Waals surface area contributed by atoms with Gasteiger partial charge in [0.2, 0.25) is 0 Å². The summed E-state index contributed by atoms with van der Waals surface area (Å²) in [6.07, 6.45) is 0.602. The van der Waals surface area contributed by atoms with E-state index in [1.165, 1.54) is 18.7 Å². The Morgan fingerprint density at radius 3 is 2.55 bits per heavy atom. The van der Waals surface area contributed by atoms with Crippen molar-refractivity contribution in [3.05, 3.63) is 64.5 Å². The first-order valence-corrected chi connectivity index (χ1v) is 6.66. The Kier molecular flexibility index (Phi) is 4.40. The molecule has 0 aliphatic heterocycles. The normalized spacial score (nSPS) is 12.2. The highest BCUT2D eigenvalue weighted by atomic mass is 19.1. The zero-order valence-electron chi connectivity index (χ0n) is 12.1. The maximum absolute atomic E-state index is 13.7.